The third-order valence-corrected chi connectivity index (χ3v) is 1.96. The van der Waals surface area contributed by atoms with Crippen LogP contribution in [-0.4, -0.2) is 12.0 Å². The second-order valence-electron chi connectivity index (χ2n) is 2.52. The molecule has 1 rings (SSSR count). The first-order valence-electron chi connectivity index (χ1n) is 3.74. The van der Waals surface area contributed by atoms with Gasteiger partial charge in [-0.25, -0.2) is 0 Å². The van der Waals surface area contributed by atoms with E-state index in [2.05, 4.69) is 6.58 Å². The van der Waals surface area contributed by atoms with E-state index in [0.29, 0.717) is 5.56 Å². The summed E-state index contributed by atoms with van der Waals surface area (Å²) < 4.78 is 4.83. The molecule has 0 spiro atoms. The summed E-state index contributed by atoms with van der Waals surface area (Å²) in [6.07, 6.45) is 1.48. The molecule has 5 heteroatoms. The van der Waals surface area contributed by atoms with Gasteiger partial charge in [0.2, 0.25) is 5.75 Å². The van der Waals surface area contributed by atoms with Crippen LogP contribution in [0.15, 0.2) is 18.7 Å². The molecule has 14 heavy (non-hydrogen) atoms. The number of nitrogens with zero attached hydrogens (tertiary/aromatic N) is 1. The van der Waals surface area contributed by atoms with Gasteiger partial charge in [-0.05, 0) is 11.6 Å². The average molecular weight is 214 g/mol. The van der Waals surface area contributed by atoms with E-state index in [1.807, 2.05) is 0 Å². The van der Waals surface area contributed by atoms with E-state index < -0.39 is 4.92 Å². The Morgan fingerprint density at radius 3 is 2.71 bits per heavy atom. The number of nitro groups is 1. The van der Waals surface area contributed by atoms with Crippen molar-refractivity contribution >= 4 is 23.4 Å². The quantitative estimate of drug-likeness (QED) is 0.573. The van der Waals surface area contributed by atoms with Crippen molar-refractivity contribution in [3.8, 4) is 5.75 Å². The zero-order valence-electron chi connectivity index (χ0n) is 7.49. The Kier molecular flexibility index (Phi) is 3.09. The van der Waals surface area contributed by atoms with Crippen molar-refractivity contribution in [2.45, 2.75) is 0 Å². The number of rotatable bonds is 3. The fraction of sp³-hybridized carbons (Fsp3) is 0.111. The number of ether oxygens (including phenoxy) is 1. The molecule has 74 valence electrons. The zero-order chi connectivity index (χ0) is 10.7. The molecule has 0 saturated heterocycles. The van der Waals surface area contributed by atoms with Crippen LogP contribution >= 0.6 is 11.6 Å². The largest absolute Gasteiger partial charge is 0.489 e. The van der Waals surface area contributed by atoms with Gasteiger partial charge in [0.15, 0.2) is 0 Å². The predicted octanol–water partition coefficient (Wildman–Crippen LogP) is 2.90. The van der Waals surface area contributed by atoms with Crippen LogP contribution in [0.3, 0.4) is 0 Å². The van der Waals surface area contributed by atoms with E-state index >= 15 is 0 Å². The first kappa shape index (κ1) is 10.5. The van der Waals surface area contributed by atoms with Gasteiger partial charge in [0.05, 0.1) is 17.1 Å². The summed E-state index contributed by atoms with van der Waals surface area (Å²) in [4.78, 5) is 10.1. The van der Waals surface area contributed by atoms with Crippen molar-refractivity contribution < 1.29 is 9.66 Å². The van der Waals surface area contributed by atoms with Gasteiger partial charge in [-0.1, -0.05) is 24.3 Å². The van der Waals surface area contributed by atoms with E-state index in [0.717, 1.165) is 0 Å². The Morgan fingerprint density at radius 1 is 1.64 bits per heavy atom. The summed E-state index contributed by atoms with van der Waals surface area (Å²) in [5.74, 6) is 0.0715. The number of benzene rings is 1. The van der Waals surface area contributed by atoms with Gasteiger partial charge in [0.25, 0.3) is 0 Å². The molecule has 0 aliphatic heterocycles. The molecule has 0 bridgehead atoms. The van der Waals surface area contributed by atoms with Crippen LogP contribution in [0.5, 0.6) is 5.75 Å². The summed E-state index contributed by atoms with van der Waals surface area (Å²) in [5, 5.41) is 10.8. The van der Waals surface area contributed by atoms with Crippen molar-refractivity contribution in [3.05, 3.63) is 39.4 Å². The molecule has 0 saturated carbocycles. The van der Waals surface area contributed by atoms with E-state index in [-0.39, 0.29) is 16.5 Å². The third kappa shape index (κ3) is 1.85. The number of hydrogen-bond acceptors (Lipinski definition) is 3. The van der Waals surface area contributed by atoms with Gasteiger partial charge in [0.1, 0.15) is 0 Å². The van der Waals surface area contributed by atoms with Crippen molar-refractivity contribution in [2.75, 3.05) is 7.11 Å². The molecule has 0 heterocycles. The molecular formula is C9H8ClNO3. The van der Waals surface area contributed by atoms with Crippen LogP contribution in [0.2, 0.25) is 5.02 Å². The molecule has 1 aromatic carbocycles. The van der Waals surface area contributed by atoms with Gasteiger partial charge < -0.3 is 4.74 Å². The zero-order valence-corrected chi connectivity index (χ0v) is 8.25. The molecule has 0 unspecified atom stereocenters. The lowest BCUT2D eigenvalue weighted by Crippen LogP contribution is -1.95. The lowest BCUT2D eigenvalue weighted by Gasteiger charge is -2.04. The maximum atomic E-state index is 10.6. The van der Waals surface area contributed by atoms with Crippen LogP contribution < -0.4 is 4.74 Å². The number of hydrogen-bond donors (Lipinski definition) is 0. The lowest BCUT2D eigenvalue weighted by atomic mass is 10.2. The topological polar surface area (TPSA) is 52.4 Å². The fourth-order valence-corrected chi connectivity index (χ4v) is 1.35. The Morgan fingerprint density at radius 2 is 2.29 bits per heavy atom. The standard InChI is InChI=1S/C9H8ClNO3/c1-3-6-4-7(10)9(14-2)8(5-6)11(12)13/h3-5H,1H2,2H3. The fourth-order valence-electron chi connectivity index (χ4n) is 1.05. The highest BCUT2D eigenvalue weighted by Crippen LogP contribution is 2.35. The van der Waals surface area contributed by atoms with Crippen molar-refractivity contribution in [1.29, 1.82) is 0 Å². The second kappa shape index (κ2) is 4.11. The number of nitro benzene ring substituents is 1. The normalized spacial score (nSPS) is 9.57. The van der Waals surface area contributed by atoms with Gasteiger partial charge in [-0.3, -0.25) is 10.1 Å². The van der Waals surface area contributed by atoms with Crippen LogP contribution in [0.1, 0.15) is 5.56 Å². The van der Waals surface area contributed by atoms with Gasteiger partial charge in [0, 0.05) is 6.07 Å². The second-order valence-corrected chi connectivity index (χ2v) is 2.92. The van der Waals surface area contributed by atoms with Crippen molar-refractivity contribution in [3.63, 3.8) is 0 Å². The van der Waals surface area contributed by atoms with E-state index in [9.17, 15) is 10.1 Å². The third-order valence-electron chi connectivity index (χ3n) is 1.68. The van der Waals surface area contributed by atoms with Crippen LogP contribution in [0.25, 0.3) is 6.08 Å². The SMILES string of the molecule is C=Cc1cc(Cl)c(OC)c([N+](=O)[O-])c1. The molecule has 0 atom stereocenters. The van der Waals surface area contributed by atoms with E-state index in [1.165, 1.54) is 19.3 Å². The molecule has 4 nitrogen and oxygen atoms in total. The van der Waals surface area contributed by atoms with Crippen molar-refractivity contribution in [1.82, 2.24) is 0 Å². The van der Waals surface area contributed by atoms with Crippen molar-refractivity contribution in [2.24, 2.45) is 0 Å². The van der Waals surface area contributed by atoms with Gasteiger partial charge in [-0.2, -0.15) is 0 Å². The number of methoxy groups -OCH3 is 1. The highest BCUT2D eigenvalue weighted by molar-refractivity contribution is 6.32. The molecule has 0 aromatic heterocycles. The minimum absolute atomic E-state index is 0.0715. The minimum Gasteiger partial charge on any atom is -0.489 e. The maximum Gasteiger partial charge on any atom is 0.313 e. The summed E-state index contributed by atoms with van der Waals surface area (Å²) in [6.45, 7) is 3.51. The van der Waals surface area contributed by atoms with E-state index in [4.69, 9.17) is 16.3 Å². The molecule has 0 aliphatic carbocycles. The number of halogens is 1. The Labute approximate surface area is 85.9 Å². The van der Waals surface area contributed by atoms with Crippen LogP contribution in [0.4, 0.5) is 5.69 Å². The molecule has 0 fully saturated rings. The summed E-state index contributed by atoms with van der Waals surface area (Å²) >= 11 is 5.78. The van der Waals surface area contributed by atoms with Crippen LogP contribution in [0, 0.1) is 10.1 Å². The Balaban J connectivity index is 3.42. The Bertz CT molecular complexity index is 390. The Hall–Kier alpha value is -1.55. The smallest absolute Gasteiger partial charge is 0.313 e. The summed E-state index contributed by atoms with van der Waals surface area (Å²) in [5.41, 5.74) is 0.428. The molecular weight excluding hydrogens is 206 g/mol. The van der Waals surface area contributed by atoms with Crippen LogP contribution in [-0.2, 0) is 0 Å². The molecule has 0 amide bonds. The highest BCUT2D eigenvalue weighted by Gasteiger charge is 2.18. The molecule has 0 radical (unpaired) electrons. The predicted molar refractivity (Wildman–Crippen MR) is 54.7 cm³/mol. The lowest BCUT2D eigenvalue weighted by molar-refractivity contribution is -0.385. The highest BCUT2D eigenvalue weighted by atomic mass is 35.5. The first-order valence-corrected chi connectivity index (χ1v) is 4.12. The summed E-state index contributed by atoms with van der Waals surface area (Å²) in [7, 11) is 1.34. The maximum absolute atomic E-state index is 10.6. The monoisotopic (exact) mass is 213 g/mol. The molecule has 1 aromatic rings. The average Bonchev–Trinajstić information content (AvgIpc) is 2.16. The van der Waals surface area contributed by atoms with E-state index in [1.54, 1.807) is 6.07 Å². The minimum atomic E-state index is -0.544. The van der Waals surface area contributed by atoms with Gasteiger partial charge in [-0.15, -0.1) is 0 Å². The molecule has 0 N–H and O–H groups in total. The molecule has 0 aliphatic rings. The summed E-state index contributed by atoms with van der Waals surface area (Å²) in [6, 6.07) is 2.91. The van der Waals surface area contributed by atoms with Gasteiger partial charge >= 0.3 is 5.69 Å². The first-order chi connectivity index (χ1) is 6.60.